The maximum absolute atomic E-state index is 13.0. The van der Waals surface area contributed by atoms with E-state index in [0.717, 1.165) is 21.7 Å². The van der Waals surface area contributed by atoms with Crippen LogP contribution in [0.2, 0.25) is 0 Å². The van der Waals surface area contributed by atoms with Gasteiger partial charge in [-0.15, -0.1) is 0 Å². The van der Waals surface area contributed by atoms with Gasteiger partial charge in [-0.3, -0.25) is 9.10 Å². The topological polar surface area (TPSA) is 66.5 Å². The molecular formula is C19H23FN2O3S. The molecule has 2 atom stereocenters. The second-order valence-corrected chi connectivity index (χ2v) is 8.21. The molecule has 2 rings (SSSR count). The zero-order valence-corrected chi connectivity index (χ0v) is 16.0. The third-order valence-corrected chi connectivity index (χ3v) is 5.35. The van der Waals surface area contributed by atoms with Gasteiger partial charge in [-0.1, -0.05) is 29.8 Å². The molecule has 0 radical (unpaired) electrons. The molecule has 5 nitrogen and oxygen atoms in total. The molecule has 1 amide bonds. The van der Waals surface area contributed by atoms with Crippen molar-refractivity contribution in [3.63, 3.8) is 0 Å². The number of hydrogen-bond acceptors (Lipinski definition) is 3. The Morgan fingerprint density at radius 3 is 2.08 bits per heavy atom. The highest BCUT2D eigenvalue weighted by atomic mass is 32.2. The Hall–Kier alpha value is -2.41. The molecule has 0 aromatic heterocycles. The third-order valence-electron chi connectivity index (χ3n) is 4.11. The number of nitrogens with zero attached hydrogens (tertiary/aromatic N) is 1. The predicted molar refractivity (Wildman–Crippen MR) is 101 cm³/mol. The Kier molecular flexibility index (Phi) is 6.02. The summed E-state index contributed by atoms with van der Waals surface area (Å²) in [6.07, 6.45) is 1.07. The van der Waals surface area contributed by atoms with Crippen LogP contribution in [0, 0.1) is 12.7 Å². The lowest BCUT2D eigenvalue weighted by atomic mass is 10.1. The van der Waals surface area contributed by atoms with Crippen molar-refractivity contribution >= 4 is 21.6 Å². The molecule has 0 saturated heterocycles. The minimum absolute atomic E-state index is 0.358. The Bertz CT molecular complexity index is 865. The SMILES string of the molecule is Cc1ccc(N([C@@H](C)C(=O)N[C@@H](C)c2ccc(F)cc2)S(C)(=O)=O)cc1. The van der Waals surface area contributed by atoms with Gasteiger partial charge >= 0.3 is 0 Å². The van der Waals surface area contributed by atoms with Crippen LogP contribution in [0.5, 0.6) is 0 Å². The molecule has 0 aliphatic heterocycles. The van der Waals surface area contributed by atoms with Gasteiger partial charge in [0.15, 0.2) is 0 Å². The van der Waals surface area contributed by atoms with Gasteiger partial charge in [-0.25, -0.2) is 12.8 Å². The van der Waals surface area contributed by atoms with Gasteiger partial charge in [0, 0.05) is 0 Å². The number of halogens is 1. The van der Waals surface area contributed by atoms with E-state index < -0.39 is 22.0 Å². The lowest BCUT2D eigenvalue weighted by molar-refractivity contribution is -0.122. The van der Waals surface area contributed by atoms with Crippen LogP contribution in [0.3, 0.4) is 0 Å². The van der Waals surface area contributed by atoms with Crippen LogP contribution >= 0.6 is 0 Å². The first-order chi connectivity index (χ1) is 12.1. The number of amides is 1. The summed E-state index contributed by atoms with van der Waals surface area (Å²) in [6.45, 7) is 5.19. The van der Waals surface area contributed by atoms with E-state index in [0.29, 0.717) is 5.69 Å². The Morgan fingerprint density at radius 1 is 1.04 bits per heavy atom. The predicted octanol–water partition coefficient (Wildman–Crippen LogP) is 3.17. The highest BCUT2D eigenvalue weighted by Gasteiger charge is 2.29. The highest BCUT2D eigenvalue weighted by molar-refractivity contribution is 7.92. The second-order valence-electron chi connectivity index (χ2n) is 6.35. The fourth-order valence-electron chi connectivity index (χ4n) is 2.67. The highest BCUT2D eigenvalue weighted by Crippen LogP contribution is 2.22. The monoisotopic (exact) mass is 378 g/mol. The van der Waals surface area contributed by atoms with Crippen molar-refractivity contribution in [2.75, 3.05) is 10.6 Å². The van der Waals surface area contributed by atoms with E-state index in [2.05, 4.69) is 5.32 Å². The minimum Gasteiger partial charge on any atom is -0.348 e. The second kappa shape index (κ2) is 7.86. The number of nitrogens with one attached hydrogen (secondary N) is 1. The van der Waals surface area contributed by atoms with E-state index in [4.69, 9.17) is 0 Å². The summed E-state index contributed by atoms with van der Waals surface area (Å²) in [5, 5.41) is 2.78. The molecule has 1 N–H and O–H groups in total. The molecule has 26 heavy (non-hydrogen) atoms. The standard InChI is InChI=1S/C19H23FN2O3S/c1-13-5-11-18(12-6-13)22(26(4,24)25)15(3)19(23)21-14(2)16-7-9-17(20)10-8-16/h5-12,14-15H,1-4H3,(H,21,23)/t14-,15-/m0/s1. The van der Waals surface area contributed by atoms with Crippen molar-refractivity contribution in [1.29, 1.82) is 0 Å². The van der Waals surface area contributed by atoms with E-state index in [1.807, 2.05) is 6.92 Å². The van der Waals surface area contributed by atoms with Gasteiger partial charge in [-0.2, -0.15) is 0 Å². The van der Waals surface area contributed by atoms with Crippen molar-refractivity contribution in [2.24, 2.45) is 0 Å². The molecule has 0 unspecified atom stereocenters. The fraction of sp³-hybridized carbons (Fsp3) is 0.316. The quantitative estimate of drug-likeness (QED) is 0.840. The van der Waals surface area contributed by atoms with Crippen LogP contribution < -0.4 is 9.62 Å². The van der Waals surface area contributed by atoms with E-state index in [1.165, 1.54) is 19.1 Å². The number of benzene rings is 2. The smallest absolute Gasteiger partial charge is 0.244 e. The van der Waals surface area contributed by atoms with Crippen molar-refractivity contribution in [3.8, 4) is 0 Å². The minimum atomic E-state index is -3.66. The molecule has 0 heterocycles. The van der Waals surface area contributed by atoms with Crippen LogP contribution in [-0.4, -0.2) is 26.6 Å². The van der Waals surface area contributed by atoms with Crippen LogP contribution in [0.4, 0.5) is 10.1 Å². The van der Waals surface area contributed by atoms with E-state index in [9.17, 15) is 17.6 Å². The number of hydrogen-bond donors (Lipinski definition) is 1. The van der Waals surface area contributed by atoms with Gasteiger partial charge < -0.3 is 5.32 Å². The molecule has 2 aromatic rings. The molecule has 0 aliphatic carbocycles. The average molecular weight is 378 g/mol. The van der Waals surface area contributed by atoms with Crippen LogP contribution in [0.25, 0.3) is 0 Å². The van der Waals surface area contributed by atoms with Gasteiger partial charge in [0.2, 0.25) is 15.9 Å². The number of aryl methyl sites for hydroxylation is 1. The van der Waals surface area contributed by atoms with E-state index in [-0.39, 0.29) is 11.9 Å². The van der Waals surface area contributed by atoms with Gasteiger partial charge in [0.05, 0.1) is 18.0 Å². The molecule has 0 bridgehead atoms. The van der Waals surface area contributed by atoms with Crippen LogP contribution in [-0.2, 0) is 14.8 Å². The summed E-state index contributed by atoms with van der Waals surface area (Å²) in [6, 6.07) is 11.4. The first-order valence-corrected chi connectivity index (χ1v) is 10.1. The normalized spacial score (nSPS) is 13.7. The molecule has 0 saturated carbocycles. The fourth-order valence-corrected chi connectivity index (χ4v) is 3.84. The molecule has 0 spiro atoms. The summed E-state index contributed by atoms with van der Waals surface area (Å²) in [5.41, 5.74) is 2.15. The third kappa shape index (κ3) is 4.82. The number of anilines is 1. The molecule has 140 valence electrons. The summed E-state index contributed by atoms with van der Waals surface area (Å²) in [7, 11) is -3.66. The van der Waals surface area contributed by atoms with Crippen molar-refractivity contribution in [3.05, 3.63) is 65.5 Å². The summed E-state index contributed by atoms with van der Waals surface area (Å²) < 4.78 is 38.7. The number of rotatable bonds is 6. The first kappa shape index (κ1) is 19.9. The average Bonchev–Trinajstić information content (AvgIpc) is 2.56. The van der Waals surface area contributed by atoms with E-state index in [1.54, 1.807) is 43.3 Å². The molecule has 7 heteroatoms. The Morgan fingerprint density at radius 2 is 1.58 bits per heavy atom. The maximum Gasteiger partial charge on any atom is 0.244 e. The molecule has 2 aromatic carbocycles. The number of carbonyl (C=O) groups is 1. The largest absolute Gasteiger partial charge is 0.348 e. The zero-order chi connectivity index (χ0) is 19.5. The van der Waals surface area contributed by atoms with Crippen molar-refractivity contribution in [1.82, 2.24) is 5.32 Å². The Labute approximate surface area is 153 Å². The summed E-state index contributed by atoms with van der Waals surface area (Å²) in [5.74, 6) is -0.795. The zero-order valence-electron chi connectivity index (χ0n) is 15.2. The van der Waals surface area contributed by atoms with Gasteiger partial charge in [0.1, 0.15) is 11.9 Å². The van der Waals surface area contributed by atoms with E-state index >= 15 is 0 Å². The van der Waals surface area contributed by atoms with Crippen molar-refractivity contribution < 1.29 is 17.6 Å². The summed E-state index contributed by atoms with van der Waals surface area (Å²) in [4.78, 5) is 12.6. The first-order valence-electron chi connectivity index (χ1n) is 8.21. The lowest BCUT2D eigenvalue weighted by Gasteiger charge is -2.29. The van der Waals surface area contributed by atoms with Crippen LogP contribution in [0.1, 0.15) is 31.0 Å². The molecule has 0 fully saturated rings. The van der Waals surface area contributed by atoms with Gasteiger partial charge in [0.25, 0.3) is 0 Å². The van der Waals surface area contributed by atoms with Crippen LogP contribution in [0.15, 0.2) is 48.5 Å². The lowest BCUT2D eigenvalue weighted by Crippen LogP contribution is -2.48. The Balaban J connectivity index is 2.22. The van der Waals surface area contributed by atoms with Gasteiger partial charge in [-0.05, 0) is 50.6 Å². The molecule has 0 aliphatic rings. The molecular weight excluding hydrogens is 355 g/mol. The maximum atomic E-state index is 13.0. The summed E-state index contributed by atoms with van der Waals surface area (Å²) >= 11 is 0. The van der Waals surface area contributed by atoms with Crippen molar-refractivity contribution in [2.45, 2.75) is 32.9 Å². The number of carbonyl (C=O) groups excluding carboxylic acids is 1. The number of sulfonamides is 1.